The zero-order chi connectivity index (χ0) is 10.4. The molecule has 0 aromatic rings. The van der Waals surface area contributed by atoms with Crippen molar-refractivity contribution in [1.82, 2.24) is 0 Å². The number of nitriles is 2. The molecule has 0 unspecified atom stereocenters. The topological polar surface area (TPSA) is 64.7 Å². The first-order valence-corrected chi connectivity index (χ1v) is 5.07. The van der Waals surface area contributed by atoms with Crippen LogP contribution in [0.5, 0.6) is 0 Å². The molecular weight excluding hydrogens is 176 g/mol. The van der Waals surface area contributed by atoms with E-state index in [4.69, 9.17) is 10.5 Å². The van der Waals surface area contributed by atoms with Gasteiger partial charge in [-0.2, -0.15) is 10.5 Å². The Morgan fingerprint density at radius 3 is 1.86 bits per heavy atom. The Hall–Kier alpha value is -1.35. The van der Waals surface area contributed by atoms with E-state index in [2.05, 4.69) is 12.1 Å². The third kappa shape index (κ3) is 2.57. The molecule has 0 spiro atoms. The van der Waals surface area contributed by atoms with Gasteiger partial charge in [0.15, 0.2) is 0 Å². The second-order valence-corrected chi connectivity index (χ2v) is 3.77. The molecule has 0 saturated heterocycles. The van der Waals surface area contributed by atoms with Crippen molar-refractivity contribution < 1.29 is 4.79 Å². The first-order chi connectivity index (χ1) is 6.79. The minimum absolute atomic E-state index is 0.0957. The highest BCUT2D eigenvalue weighted by Crippen LogP contribution is 2.32. The quantitative estimate of drug-likeness (QED) is 0.682. The molecule has 0 radical (unpaired) electrons. The number of carbonyl (C=O) groups excluding carboxylic acids is 1. The van der Waals surface area contributed by atoms with Crippen LogP contribution in [0.1, 0.15) is 38.5 Å². The summed E-state index contributed by atoms with van der Waals surface area (Å²) in [7, 11) is 0. The van der Waals surface area contributed by atoms with Crippen molar-refractivity contribution in [1.29, 1.82) is 10.5 Å². The molecule has 3 nitrogen and oxygen atoms in total. The number of Topliss-reactive ketones (excluding diaryl/α,β-unsaturated/α-hetero) is 1. The summed E-state index contributed by atoms with van der Waals surface area (Å²) in [6.45, 7) is 0. The van der Waals surface area contributed by atoms with Gasteiger partial charge in [-0.15, -0.1) is 0 Å². The van der Waals surface area contributed by atoms with Crippen molar-refractivity contribution in [2.24, 2.45) is 11.8 Å². The zero-order valence-electron chi connectivity index (χ0n) is 8.20. The van der Waals surface area contributed by atoms with Crippen LogP contribution in [-0.4, -0.2) is 5.78 Å². The molecular formula is C11H14N2O. The molecule has 3 heteroatoms. The minimum atomic E-state index is 0.0957. The Balaban J connectivity index is 2.37. The van der Waals surface area contributed by atoms with Crippen LogP contribution >= 0.6 is 0 Å². The highest BCUT2D eigenvalue weighted by atomic mass is 16.1. The first-order valence-electron chi connectivity index (χ1n) is 5.07. The molecule has 2 atom stereocenters. The van der Waals surface area contributed by atoms with E-state index >= 15 is 0 Å². The van der Waals surface area contributed by atoms with Crippen molar-refractivity contribution in [3.8, 4) is 12.1 Å². The highest BCUT2D eigenvalue weighted by Gasteiger charge is 2.32. The van der Waals surface area contributed by atoms with Gasteiger partial charge in [0.1, 0.15) is 5.78 Å². The molecule has 0 aromatic heterocycles. The Kier molecular flexibility index (Phi) is 4.13. The van der Waals surface area contributed by atoms with Crippen molar-refractivity contribution >= 4 is 5.78 Å². The van der Waals surface area contributed by atoms with Crippen LogP contribution < -0.4 is 0 Å². The fourth-order valence-electron chi connectivity index (χ4n) is 2.07. The van der Waals surface area contributed by atoms with Gasteiger partial charge in [-0.25, -0.2) is 0 Å². The number of nitrogens with zero attached hydrogens (tertiary/aromatic N) is 2. The lowest BCUT2D eigenvalue weighted by Crippen LogP contribution is -2.13. The standard InChI is InChI=1S/C11H14N2O/c12-7-1-3-9-5-6-10(11(9)14)4-2-8-13/h9-10H,1-6H2/t9-,10-/m1/s1. The van der Waals surface area contributed by atoms with E-state index in [9.17, 15) is 4.79 Å². The summed E-state index contributed by atoms with van der Waals surface area (Å²) < 4.78 is 0. The summed E-state index contributed by atoms with van der Waals surface area (Å²) in [5, 5.41) is 16.8. The van der Waals surface area contributed by atoms with Crippen molar-refractivity contribution in [2.75, 3.05) is 0 Å². The number of carbonyl (C=O) groups is 1. The van der Waals surface area contributed by atoms with Crippen LogP contribution in [-0.2, 0) is 4.79 Å². The van der Waals surface area contributed by atoms with Crippen LogP contribution in [0.15, 0.2) is 0 Å². The maximum Gasteiger partial charge on any atom is 0.139 e. The van der Waals surface area contributed by atoms with E-state index in [1.807, 2.05) is 0 Å². The lowest BCUT2D eigenvalue weighted by molar-refractivity contribution is -0.124. The van der Waals surface area contributed by atoms with Crippen molar-refractivity contribution in [3.63, 3.8) is 0 Å². The van der Waals surface area contributed by atoms with E-state index in [0.717, 1.165) is 12.8 Å². The van der Waals surface area contributed by atoms with Crippen LogP contribution in [0.4, 0.5) is 0 Å². The van der Waals surface area contributed by atoms with Gasteiger partial charge in [-0.1, -0.05) is 0 Å². The molecule has 1 rings (SSSR count). The summed E-state index contributed by atoms with van der Waals surface area (Å²) in [5.41, 5.74) is 0. The van der Waals surface area contributed by atoms with Crippen molar-refractivity contribution in [2.45, 2.75) is 38.5 Å². The monoisotopic (exact) mass is 190 g/mol. The van der Waals surface area contributed by atoms with Gasteiger partial charge < -0.3 is 0 Å². The van der Waals surface area contributed by atoms with Gasteiger partial charge >= 0.3 is 0 Å². The SMILES string of the molecule is N#CCC[C@@H]1CC[C@@H](CCC#N)C1=O. The Labute approximate surface area is 84.3 Å². The van der Waals surface area contributed by atoms with Crippen molar-refractivity contribution in [3.05, 3.63) is 0 Å². The number of hydrogen-bond acceptors (Lipinski definition) is 3. The predicted molar refractivity (Wildman–Crippen MR) is 50.9 cm³/mol. The molecule has 1 fully saturated rings. The summed E-state index contributed by atoms with van der Waals surface area (Å²) in [6, 6.07) is 4.14. The molecule has 0 amide bonds. The first kappa shape index (κ1) is 10.7. The second-order valence-electron chi connectivity index (χ2n) is 3.77. The highest BCUT2D eigenvalue weighted by molar-refractivity contribution is 5.85. The molecule has 1 aliphatic carbocycles. The summed E-state index contributed by atoms with van der Waals surface area (Å²) >= 11 is 0. The lowest BCUT2D eigenvalue weighted by atomic mass is 9.96. The van der Waals surface area contributed by atoms with Crippen LogP contribution in [0.3, 0.4) is 0 Å². The molecule has 0 heterocycles. The van der Waals surface area contributed by atoms with E-state index in [1.165, 1.54) is 0 Å². The van der Waals surface area contributed by atoms with Crippen LogP contribution in [0.25, 0.3) is 0 Å². The number of rotatable bonds is 4. The summed E-state index contributed by atoms with van der Waals surface area (Å²) in [4.78, 5) is 11.7. The fourth-order valence-corrected chi connectivity index (χ4v) is 2.07. The normalized spacial score (nSPS) is 25.7. The van der Waals surface area contributed by atoms with Gasteiger partial charge in [0, 0.05) is 24.7 Å². The summed E-state index contributed by atoms with van der Waals surface area (Å²) in [5.74, 6) is 0.479. The number of ketones is 1. The maximum atomic E-state index is 11.7. The Morgan fingerprint density at radius 1 is 1.07 bits per heavy atom. The van der Waals surface area contributed by atoms with Crippen LogP contribution in [0.2, 0.25) is 0 Å². The largest absolute Gasteiger partial charge is 0.299 e. The van der Waals surface area contributed by atoms with Gasteiger partial charge in [-0.3, -0.25) is 4.79 Å². The molecule has 0 aromatic carbocycles. The average molecular weight is 190 g/mol. The van der Waals surface area contributed by atoms with Gasteiger partial charge in [0.05, 0.1) is 12.1 Å². The zero-order valence-corrected chi connectivity index (χ0v) is 8.20. The molecule has 0 N–H and O–H groups in total. The van der Waals surface area contributed by atoms with Gasteiger partial charge in [0.2, 0.25) is 0 Å². The van der Waals surface area contributed by atoms with Gasteiger partial charge in [0.25, 0.3) is 0 Å². The third-order valence-corrected chi connectivity index (χ3v) is 2.88. The minimum Gasteiger partial charge on any atom is -0.299 e. The van der Waals surface area contributed by atoms with Gasteiger partial charge in [-0.05, 0) is 25.7 Å². The van der Waals surface area contributed by atoms with E-state index < -0.39 is 0 Å². The second kappa shape index (κ2) is 5.40. The van der Waals surface area contributed by atoms with Crippen LogP contribution in [0, 0.1) is 34.5 Å². The molecule has 1 saturated carbocycles. The molecule has 14 heavy (non-hydrogen) atoms. The molecule has 74 valence electrons. The summed E-state index contributed by atoms with van der Waals surface area (Å²) in [6.07, 6.45) is 4.19. The lowest BCUT2D eigenvalue weighted by Gasteiger charge is -2.06. The molecule has 0 bridgehead atoms. The van der Waals surface area contributed by atoms with E-state index in [0.29, 0.717) is 25.7 Å². The maximum absolute atomic E-state index is 11.7. The Morgan fingerprint density at radius 2 is 1.50 bits per heavy atom. The van der Waals surface area contributed by atoms with E-state index in [1.54, 1.807) is 0 Å². The van der Waals surface area contributed by atoms with E-state index in [-0.39, 0.29) is 17.6 Å². The Bertz CT molecular complexity index is 257. The molecule has 0 aliphatic heterocycles. The molecule has 1 aliphatic rings. The smallest absolute Gasteiger partial charge is 0.139 e. The predicted octanol–water partition coefficient (Wildman–Crippen LogP) is 2.19. The average Bonchev–Trinajstić information content (AvgIpc) is 2.54. The fraction of sp³-hybridized carbons (Fsp3) is 0.727. The number of hydrogen-bond donors (Lipinski definition) is 0. The third-order valence-electron chi connectivity index (χ3n) is 2.88.